The van der Waals surface area contributed by atoms with Gasteiger partial charge in [-0.1, -0.05) is 114 Å². The number of nitrogen functional groups attached to an aromatic ring is 2. The van der Waals surface area contributed by atoms with E-state index in [1.54, 1.807) is 0 Å². The van der Waals surface area contributed by atoms with Crippen LogP contribution in [-0.2, 0) is 4.29 Å². The van der Waals surface area contributed by atoms with Crippen LogP contribution in [0.25, 0.3) is 11.1 Å². The molecule has 22 heavy (non-hydrogen) atoms. The molecule has 0 radical (unpaired) electrons. The van der Waals surface area contributed by atoms with Gasteiger partial charge in [-0.2, -0.15) is 0 Å². The minimum Gasteiger partial charge on any atom is -0.399 e. The molecule has 0 aromatic heterocycles. The van der Waals surface area contributed by atoms with Gasteiger partial charge in [-0.15, -0.1) is 0 Å². The van der Waals surface area contributed by atoms with Crippen molar-refractivity contribution < 1.29 is 0 Å². The van der Waals surface area contributed by atoms with Crippen molar-refractivity contribution in [2.45, 2.75) is 4.29 Å². The summed E-state index contributed by atoms with van der Waals surface area (Å²) in [7, 11) is 0. The van der Waals surface area contributed by atoms with Crippen LogP contribution in [0.2, 0.25) is 0 Å². The standard InChI is InChI=1S/C14H10Br6N2/c15-13(16,17)11-9(7-1-3-8(21)4-2-7)5-6-10(22)12(11)14(18,19)20/h1-6H,21-22H2. The maximum atomic E-state index is 6.20. The Hall–Kier alpha value is 0.920. The second-order valence-electron chi connectivity index (χ2n) is 4.57. The van der Waals surface area contributed by atoms with Crippen molar-refractivity contribution in [3.63, 3.8) is 0 Å². The minimum atomic E-state index is -0.656. The molecular weight excluding hydrogens is 676 g/mol. The second kappa shape index (κ2) is 7.04. The zero-order valence-electron chi connectivity index (χ0n) is 10.9. The fourth-order valence-electron chi connectivity index (χ4n) is 2.12. The molecule has 0 aliphatic heterocycles. The number of benzene rings is 2. The molecule has 0 amide bonds. The largest absolute Gasteiger partial charge is 0.399 e. The lowest BCUT2D eigenvalue weighted by molar-refractivity contribution is 1.24. The molecule has 2 aromatic rings. The topological polar surface area (TPSA) is 52.0 Å². The van der Waals surface area contributed by atoms with Gasteiger partial charge in [0.15, 0.2) is 4.29 Å². The lowest BCUT2D eigenvalue weighted by atomic mass is 9.95. The first-order valence-corrected chi connectivity index (χ1v) is 10.7. The highest BCUT2D eigenvalue weighted by Crippen LogP contribution is 2.57. The molecule has 0 atom stereocenters. The van der Waals surface area contributed by atoms with Gasteiger partial charge in [0.1, 0.15) is 0 Å². The summed E-state index contributed by atoms with van der Waals surface area (Å²) in [6.45, 7) is 0. The van der Waals surface area contributed by atoms with Crippen LogP contribution in [0.4, 0.5) is 11.4 Å². The van der Waals surface area contributed by atoms with Crippen LogP contribution < -0.4 is 11.5 Å². The number of alkyl halides is 6. The van der Waals surface area contributed by atoms with E-state index in [1.807, 2.05) is 36.4 Å². The number of anilines is 2. The molecule has 2 nitrogen and oxygen atoms in total. The third kappa shape index (κ3) is 4.30. The van der Waals surface area contributed by atoms with Crippen molar-refractivity contribution in [3.05, 3.63) is 47.5 Å². The molecule has 0 fully saturated rings. The van der Waals surface area contributed by atoms with Gasteiger partial charge < -0.3 is 11.5 Å². The van der Waals surface area contributed by atoms with E-state index in [1.165, 1.54) is 0 Å². The average molecular weight is 686 g/mol. The fraction of sp³-hybridized carbons (Fsp3) is 0.143. The summed E-state index contributed by atoms with van der Waals surface area (Å²) in [5, 5.41) is 0. The molecule has 0 saturated heterocycles. The summed E-state index contributed by atoms with van der Waals surface area (Å²) in [5.74, 6) is 0. The van der Waals surface area contributed by atoms with E-state index >= 15 is 0 Å². The van der Waals surface area contributed by atoms with Crippen LogP contribution in [-0.4, -0.2) is 0 Å². The number of nitrogens with two attached hydrogens (primary N) is 2. The van der Waals surface area contributed by atoms with Crippen LogP contribution in [0, 0.1) is 0 Å². The molecule has 2 rings (SSSR count). The highest BCUT2D eigenvalue weighted by atomic mass is 80.0. The van der Waals surface area contributed by atoms with Gasteiger partial charge in [-0.25, -0.2) is 0 Å². The molecule has 0 spiro atoms. The molecule has 0 aliphatic carbocycles. The Labute approximate surface area is 179 Å². The molecule has 0 saturated carbocycles. The first-order valence-electron chi connectivity index (χ1n) is 5.94. The van der Waals surface area contributed by atoms with E-state index in [0.717, 1.165) is 27.9 Å². The zero-order valence-corrected chi connectivity index (χ0v) is 20.4. The Balaban J connectivity index is 2.83. The first-order chi connectivity index (χ1) is 10.0. The lowest BCUT2D eigenvalue weighted by Crippen LogP contribution is -2.14. The van der Waals surface area contributed by atoms with Crippen molar-refractivity contribution in [2.75, 3.05) is 11.5 Å². The summed E-state index contributed by atoms with van der Waals surface area (Å²) in [4.78, 5) is 0. The number of hydrogen-bond acceptors (Lipinski definition) is 2. The predicted molar refractivity (Wildman–Crippen MR) is 118 cm³/mol. The molecule has 118 valence electrons. The quantitative estimate of drug-likeness (QED) is 0.249. The van der Waals surface area contributed by atoms with Gasteiger partial charge in [0.25, 0.3) is 0 Å². The van der Waals surface area contributed by atoms with Crippen molar-refractivity contribution in [2.24, 2.45) is 0 Å². The van der Waals surface area contributed by atoms with Crippen molar-refractivity contribution in [1.82, 2.24) is 0 Å². The summed E-state index contributed by atoms with van der Waals surface area (Å²) in [5.41, 5.74) is 17.2. The minimum absolute atomic E-state index is 0.641. The zero-order chi connectivity index (χ0) is 16.7. The normalized spacial score (nSPS) is 12.5. The van der Waals surface area contributed by atoms with Gasteiger partial charge in [0.2, 0.25) is 0 Å². The number of rotatable bonds is 1. The van der Waals surface area contributed by atoms with Gasteiger partial charge >= 0.3 is 0 Å². The fourth-order valence-corrected chi connectivity index (χ4v) is 4.64. The Kier molecular flexibility index (Phi) is 6.16. The van der Waals surface area contributed by atoms with Crippen molar-refractivity contribution >= 4 is 107 Å². The van der Waals surface area contributed by atoms with Crippen LogP contribution >= 0.6 is 95.6 Å². The summed E-state index contributed by atoms with van der Waals surface area (Å²) >= 11 is 21.6. The van der Waals surface area contributed by atoms with Crippen LogP contribution in [0.5, 0.6) is 0 Å². The highest BCUT2D eigenvalue weighted by Gasteiger charge is 2.36. The maximum absolute atomic E-state index is 6.20. The Bertz CT molecular complexity index is 686. The van der Waals surface area contributed by atoms with Crippen LogP contribution in [0.1, 0.15) is 11.1 Å². The smallest absolute Gasteiger partial charge is 0.162 e. The van der Waals surface area contributed by atoms with E-state index in [-0.39, 0.29) is 0 Å². The predicted octanol–water partition coefficient (Wildman–Crippen LogP) is 7.11. The second-order valence-corrected chi connectivity index (χ2v) is 18.1. The molecule has 0 bridgehead atoms. The SMILES string of the molecule is Nc1ccc(-c2ccc(N)c(C(Br)(Br)Br)c2C(Br)(Br)Br)cc1. The lowest BCUT2D eigenvalue weighted by Gasteiger charge is -2.27. The molecule has 4 N–H and O–H groups in total. The maximum Gasteiger partial charge on any atom is 0.162 e. The van der Waals surface area contributed by atoms with E-state index in [4.69, 9.17) is 11.5 Å². The number of hydrogen-bond donors (Lipinski definition) is 2. The summed E-state index contributed by atoms with van der Waals surface area (Å²) < 4.78 is -1.30. The Morgan fingerprint density at radius 1 is 0.636 bits per heavy atom. The van der Waals surface area contributed by atoms with Crippen LogP contribution in [0.3, 0.4) is 0 Å². The van der Waals surface area contributed by atoms with E-state index in [2.05, 4.69) is 95.6 Å². The third-order valence-corrected chi connectivity index (χ3v) is 5.41. The van der Waals surface area contributed by atoms with Crippen molar-refractivity contribution in [1.29, 1.82) is 0 Å². The average Bonchev–Trinajstić information content (AvgIpc) is 2.37. The summed E-state index contributed by atoms with van der Waals surface area (Å²) in [6.07, 6.45) is 0. The van der Waals surface area contributed by atoms with Gasteiger partial charge in [-0.3, -0.25) is 0 Å². The monoisotopic (exact) mass is 680 g/mol. The van der Waals surface area contributed by atoms with E-state index in [0.29, 0.717) is 5.69 Å². The van der Waals surface area contributed by atoms with Crippen molar-refractivity contribution in [3.8, 4) is 11.1 Å². The molecule has 0 unspecified atom stereocenters. The van der Waals surface area contributed by atoms with Gasteiger partial charge in [-0.05, 0) is 29.3 Å². The highest BCUT2D eigenvalue weighted by molar-refractivity contribution is 9.39. The van der Waals surface area contributed by atoms with Gasteiger partial charge in [0, 0.05) is 22.5 Å². The molecular formula is C14H10Br6N2. The van der Waals surface area contributed by atoms with Gasteiger partial charge in [0.05, 0.1) is 0 Å². The number of halogens is 6. The third-order valence-electron chi connectivity index (χ3n) is 3.03. The van der Waals surface area contributed by atoms with Crippen LogP contribution in [0.15, 0.2) is 36.4 Å². The molecule has 0 heterocycles. The first kappa shape index (κ1) is 19.2. The summed E-state index contributed by atoms with van der Waals surface area (Å²) in [6, 6.07) is 11.6. The van der Waals surface area contributed by atoms with E-state index < -0.39 is 4.29 Å². The Morgan fingerprint density at radius 2 is 1.14 bits per heavy atom. The van der Waals surface area contributed by atoms with E-state index in [9.17, 15) is 0 Å². The molecule has 0 aliphatic rings. The molecule has 2 aromatic carbocycles. The Morgan fingerprint density at radius 3 is 1.59 bits per heavy atom. The molecule has 8 heteroatoms.